The molecule has 2 aromatic rings. The standard InChI is InChI=1S/C19H23NO3S/c1-2-23-18-10-6-16(7-11-18)17-8-12-19(13-9-17)24(21,22)20-14-4-3-5-15-20/h6-13H,2-5,14-15H2,1H3. The molecule has 4 nitrogen and oxygen atoms in total. The summed E-state index contributed by atoms with van der Waals surface area (Å²) in [5, 5.41) is 0. The molecule has 1 saturated heterocycles. The zero-order valence-corrected chi connectivity index (χ0v) is 14.8. The van der Waals surface area contributed by atoms with Crippen molar-refractivity contribution < 1.29 is 13.2 Å². The van der Waals surface area contributed by atoms with Gasteiger partial charge in [-0.05, 0) is 55.2 Å². The van der Waals surface area contributed by atoms with Crippen LogP contribution in [0.2, 0.25) is 0 Å². The fraction of sp³-hybridized carbons (Fsp3) is 0.368. The van der Waals surface area contributed by atoms with Gasteiger partial charge in [0, 0.05) is 13.1 Å². The highest BCUT2D eigenvalue weighted by Gasteiger charge is 2.25. The second kappa shape index (κ2) is 7.36. The minimum atomic E-state index is -3.36. The second-order valence-corrected chi connectivity index (χ2v) is 7.88. The molecule has 0 aliphatic carbocycles. The molecule has 1 fully saturated rings. The van der Waals surface area contributed by atoms with Gasteiger partial charge in [-0.1, -0.05) is 30.7 Å². The molecule has 0 saturated carbocycles. The van der Waals surface area contributed by atoms with Gasteiger partial charge >= 0.3 is 0 Å². The third-order valence-corrected chi connectivity index (χ3v) is 6.22. The van der Waals surface area contributed by atoms with Gasteiger partial charge in [0.15, 0.2) is 0 Å². The van der Waals surface area contributed by atoms with Gasteiger partial charge in [0.1, 0.15) is 5.75 Å². The van der Waals surface area contributed by atoms with Crippen molar-refractivity contribution in [2.24, 2.45) is 0 Å². The second-order valence-electron chi connectivity index (χ2n) is 5.95. The van der Waals surface area contributed by atoms with Crippen LogP contribution in [0.5, 0.6) is 5.75 Å². The van der Waals surface area contributed by atoms with E-state index in [0.29, 0.717) is 24.6 Å². The van der Waals surface area contributed by atoms with Crippen LogP contribution in [-0.2, 0) is 10.0 Å². The van der Waals surface area contributed by atoms with E-state index in [2.05, 4.69) is 0 Å². The van der Waals surface area contributed by atoms with Crippen molar-refractivity contribution in [1.29, 1.82) is 0 Å². The Labute approximate surface area is 144 Å². The van der Waals surface area contributed by atoms with Crippen molar-refractivity contribution in [1.82, 2.24) is 4.31 Å². The van der Waals surface area contributed by atoms with Crippen molar-refractivity contribution in [3.05, 3.63) is 48.5 Å². The first-order chi connectivity index (χ1) is 11.6. The molecule has 0 aromatic heterocycles. The first kappa shape index (κ1) is 17.0. The summed E-state index contributed by atoms with van der Waals surface area (Å²) < 4.78 is 32.4. The summed E-state index contributed by atoms with van der Waals surface area (Å²) in [5.41, 5.74) is 2.04. The number of piperidine rings is 1. The summed E-state index contributed by atoms with van der Waals surface area (Å²) in [5.74, 6) is 0.838. The highest BCUT2D eigenvalue weighted by atomic mass is 32.2. The molecule has 0 N–H and O–H groups in total. The van der Waals surface area contributed by atoms with Crippen molar-refractivity contribution in [2.75, 3.05) is 19.7 Å². The summed E-state index contributed by atoms with van der Waals surface area (Å²) in [6.07, 6.45) is 3.01. The molecule has 3 rings (SSSR count). The van der Waals surface area contributed by atoms with Gasteiger partial charge < -0.3 is 4.74 Å². The highest BCUT2D eigenvalue weighted by molar-refractivity contribution is 7.89. The fourth-order valence-corrected chi connectivity index (χ4v) is 4.50. The van der Waals surface area contributed by atoms with Gasteiger partial charge in [0.2, 0.25) is 10.0 Å². The lowest BCUT2D eigenvalue weighted by Crippen LogP contribution is -2.35. The van der Waals surface area contributed by atoms with E-state index in [9.17, 15) is 8.42 Å². The molecule has 24 heavy (non-hydrogen) atoms. The third-order valence-electron chi connectivity index (χ3n) is 4.31. The molecule has 0 unspecified atom stereocenters. The lowest BCUT2D eigenvalue weighted by Gasteiger charge is -2.25. The maximum Gasteiger partial charge on any atom is 0.243 e. The first-order valence-electron chi connectivity index (χ1n) is 8.45. The lowest BCUT2D eigenvalue weighted by molar-refractivity contribution is 0.340. The van der Waals surface area contributed by atoms with Crippen molar-refractivity contribution in [2.45, 2.75) is 31.1 Å². The number of sulfonamides is 1. The van der Waals surface area contributed by atoms with Gasteiger partial charge in [-0.15, -0.1) is 0 Å². The van der Waals surface area contributed by atoms with E-state index < -0.39 is 10.0 Å². The maximum atomic E-state index is 12.7. The maximum absolute atomic E-state index is 12.7. The number of hydrogen-bond acceptors (Lipinski definition) is 3. The van der Waals surface area contributed by atoms with Gasteiger partial charge in [-0.25, -0.2) is 8.42 Å². The summed E-state index contributed by atoms with van der Waals surface area (Å²) in [7, 11) is -3.36. The fourth-order valence-electron chi connectivity index (χ4n) is 2.98. The van der Waals surface area contributed by atoms with E-state index in [0.717, 1.165) is 36.1 Å². The molecular weight excluding hydrogens is 322 g/mol. The van der Waals surface area contributed by atoms with Crippen molar-refractivity contribution in [3.63, 3.8) is 0 Å². The Balaban J connectivity index is 1.79. The molecule has 128 valence electrons. The van der Waals surface area contributed by atoms with Crippen LogP contribution in [0, 0.1) is 0 Å². The first-order valence-corrected chi connectivity index (χ1v) is 9.89. The average Bonchev–Trinajstić information content (AvgIpc) is 2.63. The van der Waals surface area contributed by atoms with Crippen LogP contribution in [0.1, 0.15) is 26.2 Å². The van der Waals surface area contributed by atoms with Crippen molar-refractivity contribution in [3.8, 4) is 16.9 Å². The monoisotopic (exact) mass is 345 g/mol. The normalized spacial score (nSPS) is 16.0. The number of benzene rings is 2. The predicted molar refractivity (Wildman–Crippen MR) is 95.7 cm³/mol. The van der Waals surface area contributed by atoms with Gasteiger partial charge in [-0.2, -0.15) is 4.31 Å². The van der Waals surface area contributed by atoms with E-state index in [-0.39, 0.29) is 0 Å². The molecule has 1 aliphatic rings. The number of ether oxygens (including phenoxy) is 1. The van der Waals surface area contributed by atoms with Gasteiger partial charge in [-0.3, -0.25) is 0 Å². The summed E-state index contributed by atoms with van der Waals surface area (Å²) in [6, 6.07) is 15.0. The summed E-state index contributed by atoms with van der Waals surface area (Å²) in [4.78, 5) is 0.374. The number of rotatable bonds is 5. The highest BCUT2D eigenvalue weighted by Crippen LogP contribution is 2.26. The molecule has 2 aromatic carbocycles. The average molecular weight is 345 g/mol. The van der Waals surface area contributed by atoms with E-state index in [1.807, 2.05) is 43.3 Å². The van der Waals surface area contributed by atoms with Gasteiger partial charge in [0.25, 0.3) is 0 Å². The van der Waals surface area contributed by atoms with Crippen molar-refractivity contribution >= 4 is 10.0 Å². The Hall–Kier alpha value is -1.85. The van der Waals surface area contributed by atoms with E-state index in [4.69, 9.17) is 4.74 Å². The zero-order chi connectivity index (χ0) is 17.0. The van der Waals surface area contributed by atoms with E-state index in [1.54, 1.807) is 16.4 Å². The number of hydrogen-bond donors (Lipinski definition) is 0. The molecule has 0 atom stereocenters. The summed E-state index contributed by atoms with van der Waals surface area (Å²) in [6.45, 7) is 3.85. The van der Waals surface area contributed by atoms with Crippen LogP contribution in [-0.4, -0.2) is 32.4 Å². The minimum Gasteiger partial charge on any atom is -0.494 e. The molecule has 0 spiro atoms. The zero-order valence-electron chi connectivity index (χ0n) is 13.9. The Bertz CT molecular complexity index is 761. The Morgan fingerprint density at radius 2 is 1.42 bits per heavy atom. The smallest absolute Gasteiger partial charge is 0.243 e. The largest absolute Gasteiger partial charge is 0.494 e. The van der Waals surface area contributed by atoms with Crippen LogP contribution in [0.4, 0.5) is 0 Å². The molecule has 5 heteroatoms. The summed E-state index contributed by atoms with van der Waals surface area (Å²) >= 11 is 0. The van der Waals surface area contributed by atoms with E-state index >= 15 is 0 Å². The molecule has 0 radical (unpaired) electrons. The number of nitrogens with zero attached hydrogens (tertiary/aromatic N) is 1. The van der Waals surface area contributed by atoms with Crippen LogP contribution in [0.25, 0.3) is 11.1 Å². The molecule has 0 bridgehead atoms. The van der Waals surface area contributed by atoms with Crippen LogP contribution >= 0.6 is 0 Å². The molecule has 0 amide bonds. The third kappa shape index (κ3) is 3.62. The molecule has 1 aliphatic heterocycles. The van der Waals surface area contributed by atoms with Crippen LogP contribution in [0.3, 0.4) is 0 Å². The van der Waals surface area contributed by atoms with E-state index in [1.165, 1.54) is 0 Å². The Morgan fingerprint density at radius 1 is 0.875 bits per heavy atom. The topological polar surface area (TPSA) is 46.6 Å². The molecule has 1 heterocycles. The lowest BCUT2D eigenvalue weighted by atomic mass is 10.1. The Morgan fingerprint density at radius 3 is 1.96 bits per heavy atom. The van der Waals surface area contributed by atoms with Crippen LogP contribution < -0.4 is 4.74 Å². The van der Waals surface area contributed by atoms with Gasteiger partial charge in [0.05, 0.1) is 11.5 Å². The quantitative estimate of drug-likeness (QED) is 0.825. The molecular formula is C19H23NO3S. The Kier molecular flexibility index (Phi) is 5.21. The predicted octanol–water partition coefficient (Wildman–Crippen LogP) is 3.93. The minimum absolute atomic E-state index is 0.374. The SMILES string of the molecule is CCOc1ccc(-c2ccc(S(=O)(=O)N3CCCCC3)cc2)cc1. The van der Waals surface area contributed by atoms with Crippen LogP contribution in [0.15, 0.2) is 53.4 Å².